The lowest BCUT2D eigenvalue weighted by Crippen LogP contribution is -2.63. The van der Waals surface area contributed by atoms with Crippen LogP contribution in [0.5, 0.6) is 0 Å². The van der Waals surface area contributed by atoms with Gasteiger partial charge in [0.2, 0.25) is 0 Å². The molecule has 4 aliphatic rings. The number of rotatable bonds is 7. The second kappa shape index (κ2) is 9.82. The van der Waals surface area contributed by atoms with Crippen LogP contribution in [0, 0.1) is 46.3 Å². The molecule has 0 saturated heterocycles. The zero-order chi connectivity index (χ0) is 26.6. The molecule has 10 heteroatoms. The lowest BCUT2D eigenvalue weighted by Gasteiger charge is -2.64. The second-order valence-corrected chi connectivity index (χ2v) is 13.6. The van der Waals surface area contributed by atoms with Gasteiger partial charge < -0.3 is 14.9 Å². The predicted molar refractivity (Wildman–Crippen MR) is 130 cm³/mol. The first-order valence-electron chi connectivity index (χ1n) is 13.4. The van der Waals surface area contributed by atoms with Gasteiger partial charge in [-0.2, -0.15) is 8.42 Å². The number of carbonyl (C=O) groups excluding carboxylic acids is 1. The Bertz CT molecular complexity index is 966. The van der Waals surface area contributed by atoms with Crippen molar-refractivity contribution in [3.05, 3.63) is 0 Å². The van der Waals surface area contributed by atoms with Crippen molar-refractivity contribution in [2.24, 2.45) is 46.3 Å². The fraction of sp³-hybridized carbons (Fsp3) is 0.923. The first kappa shape index (κ1) is 27.8. The van der Waals surface area contributed by atoms with Gasteiger partial charge in [0.25, 0.3) is 0 Å². The van der Waals surface area contributed by atoms with Crippen LogP contribution in [0.2, 0.25) is 0 Å². The molecule has 36 heavy (non-hydrogen) atoms. The predicted octanol–water partition coefficient (Wildman–Crippen LogP) is 3.85. The molecule has 0 aromatic heterocycles. The molecule has 4 aliphatic carbocycles. The minimum absolute atomic E-state index is 0.0308. The van der Waals surface area contributed by atoms with Crippen molar-refractivity contribution >= 4 is 22.3 Å². The summed E-state index contributed by atoms with van der Waals surface area (Å²) in [6.45, 7) is 7.94. The number of hydrogen-bond acceptors (Lipinski definition) is 7. The van der Waals surface area contributed by atoms with Crippen molar-refractivity contribution in [3.63, 3.8) is 0 Å². The Morgan fingerprint density at radius 2 is 1.78 bits per heavy atom. The molecule has 4 rings (SSSR count). The minimum atomic E-state index is -4.54. The van der Waals surface area contributed by atoms with Crippen LogP contribution < -0.4 is 0 Å². The van der Waals surface area contributed by atoms with Crippen molar-refractivity contribution in [1.29, 1.82) is 0 Å². The molecule has 9 nitrogen and oxygen atoms in total. The fourth-order valence-corrected chi connectivity index (χ4v) is 9.79. The van der Waals surface area contributed by atoms with Gasteiger partial charge in [-0.15, -0.1) is 0 Å². The number of carboxylic acids is 1. The molecule has 0 unspecified atom stereocenters. The van der Waals surface area contributed by atoms with Crippen molar-refractivity contribution in [2.45, 2.75) is 104 Å². The summed E-state index contributed by atoms with van der Waals surface area (Å²) >= 11 is 0. The lowest BCUT2D eigenvalue weighted by atomic mass is 9.43. The summed E-state index contributed by atoms with van der Waals surface area (Å²) in [5.74, 6) is -0.456. The number of carboxylic acid groups (broad SMARTS) is 1. The highest BCUT2D eigenvalue weighted by Gasteiger charge is 2.67. The standard InChI is InChI=1S/C26H42O9S/c1-14(5-8-23(29)30)18-6-7-19-24-20(13-22(26(18,19)4)34-15(2)27)25(3)10-9-17(35-36(31,32)33)11-16(25)12-21(24)28/h14,16-22,24,28H,5-13H2,1-4H3,(H,29,30)(H,31,32,33)/t14-,16+,17-,18-,19+,20+,21-,22+,24+,25+,26-/m1/s1. The summed E-state index contributed by atoms with van der Waals surface area (Å²) < 4.78 is 42.8. The van der Waals surface area contributed by atoms with Crippen LogP contribution in [0.1, 0.15) is 85.5 Å². The molecule has 4 fully saturated rings. The summed E-state index contributed by atoms with van der Waals surface area (Å²) in [6.07, 6.45) is 3.85. The summed E-state index contributed by atoms with van der Waals surface area (Å²) in [4.78, 5) is 23.5. The molecular weight excluding hydrogens is 488 g/mol. The van der Waals surface area contributed by atoms with Crippen LogP contribution in [-0.2, 0) is 28.9 Å². The average molecular weight is 531 g/mol. The number of fused-ring (bicyclic) bond motifs is 5. The topological polar surface area (TPSA) is 147 Å². The molecule has 3 N–H and O–H groups in total. The van der Waals surface area contributed by atoms with Gasteiger partial charge in [0.05, 0.1) is 12.2 Å². The largest absolute Gasteiger partial charge is 0.481 e. The van der Waals surface area contributed by atoms with Crippen LogP contribution in [-0.4, -0.2) is 53.4 Å². The molecule has 4 saturated carbocycles. The van der Waals surface area contributed by atoms with E-state index in [1.165, 1.54) is 6.92 Å². The van der Waals surface area contributed by atoms with E-state index in [0.29, 0.717) is 38.5 Å². The molecule has 206 valence electrons. The highest BCUT2D eigenvalue weighted by molar-refractivity contribution is 7.80. The zero-order valence-corrected chi connectivity index (χ0v) is 22.6. The number of esters is 1. The maximum absolute atomic E-state index is 12.3. The third-order valence-electron chi connectivity index (χ3n) is 10.8. The third-order valence-corrected chi connectivity index (χ3v) is 11.4. The fourth-order valence-electron chi connectivity index (χ4n) is 9.28. The number of aliphatic carboxylic acids is 1. The van der Waals surface area contributed by atoms with Crippen molar-refractivity contribution in [1.82, 2.24) is 0 Å². The monoisotopic (exact) mass is 530 g/mol. The zero-order valence-electron chi connectivity index (χ0n) is 21.8. The number of carbonyl (C=O) groups is 2. The van der Waals surface area contributed by atoms with Crippen LogP contribution in [0.25, 0.3) is 0 Å². The van der Waals surface area contributed by atoms with E-state index in [-0.39, 0.29) is 64.8 Å². The molecule has 0 aromatic rings. The van der Waals surface area contributed by atoms with Gasteiger partial charge in [-0.25, -0.2) is 4.18 Å². The first-order chi connectivity index (χ1) is 16.7. The van der Waals surface area contributed by atoms with Gasteiger partial charge in [-0.05, 0) is 92.3 Å². The van der Waals surface area contributed by atoms with E-state index >= 15 is 0 Å². The van der Waals surface area contributed by atoms with Gasteiger partial charge in [0.15, 0.2) is 0 Å². The van der Waals surface area contributed by atoms with Gasteiger partial charge in [0.1, 0.15) is 6.10 Å². The molecule has 0 aromatic carbocycles. The van der Waals surface area contributed by atoms with Crippen LogP contribution in [0.15, 0.2) is 0 Å². The Hall–Kier alpha value is -1.23. The highest BCUT2D eigenvalue weighted by Crippen LogP contribution is 2.69. The van der Waals surface area contributed by atoms with E-state index in [0.717, 1.165) is 12.8 Å². The van der Waals surface area contributed by atoms with Gasteiger partial charge >= 0.3 is 22.3 Å². The maximum Gasteiger partial charge on any atom is 0.397 e. The SMILES string of the molecule is CC(=O)O[C@H]1C[C@H]2[C@@H]([C@H](O)C[C@@H]3C[C@H](OS(=O)(=O)O)CC[C@@]32C)[C@@H]2CC[C@H]([C@H](C)CCC(=O)O)[C@@]12C. The number of aliphatic hydroxyl groups is 1. The molecule has 0 spiro atoms. The average Bonchev–Trinajstić information content (AvgIpc) is 3.10. The lowest BCUT2D eigenvalue weighted by molar-refractivity contribution is -0.216. The molecule has 0 radical (unpaired) electrons. The minimum Gasteiger partial charge on any atom is -0.481 e. The van der Waals surface area contributed by atoms with Crippen LogP contribution in [0.3, 0.4) is 0 Å². The van der Waals surface area contributed by atoms with E-state index in [1.807, 2.05) is 0 Å². The number of aliphatic hydroxyl groups excluding tert-OH is 1. The molecule has 0 bridgehead atoms. The first-order valence-corrected chi connectivity index (χ1v) is 14.8. The summed E-state index contributed by atoms with van der Waals surface area (Å²) in [5, 5.41) is 20.7. The van der Waals surface area contributed by atoms with Crippen molar-refractivity contribution in [2.75, 3.05) is 0 Å². The summed E-state index contributed by atoms with van der Waals surface area (Å²) in [6, 6.07) is 0. The van der Waals surface area contributed by atoms with Gasteiger partial charge in [-0.3, -0.25) is 14.1 Å². The smallest absolute Gasteiger partial charge is 0.397 e. The van der Waals surface area contributed by atoms with Crippen molar-refractivity contribution in [3.8, 4) is 0 Å². The molecule has 0 aliphatic heterocycles. The summed E-state index contributed by atoms with van der Waals surface area (Å²) in [7, 11) is -4.54. The number of ether oxygens (including phenoxy) is 1. The van der Waals surface area contributed by atoms with Gasteiger partial charge in [-0.1, -0.05) is 20.8 Å². The van der Waals surface area contributed by atoms with Crippen molar-refractivity contribution < 1.29 is 41.7 Å². The van der Waals surface area contributed by atoms with E-state index in [4.69, 9.17) is 8.92 Å². The van der Waals surface area contributed by atoms with Gasteiger partial charge in [0, 0.05) is 18.8 Å². The molecule has 0 amide bonds. The Balaban J connectivity index is 1.64. The third kappa shape index (κ3) is 4.95. The Labute approximate surface area is 214 Å². The number of hydrogen-bond donors (Lipinski definition) is 3. The highest BCUT2D eigenvalue weighted by atomic mass is 32.3. The van der Waals surface area contributed by atoms with E-state index in [9.17, 15) is 32.8 Å². The van der Waals surface area contributed by atoms with Crippen LogP contribution >= 0.6 is 0 Å². The quantitative estimate of drug-likeness (QED) is 0.330. The molecule has 0 heterocycles. The van der Waals surface area contributed by atoms with E-state index in [1.54, 1.807) is 0 Å². The summed E-state index contributed by atoms with van der Waals surface area (Å²) in [5.41, 5.74) is -0.518. The van der Waals surface area contributed by atoms with Crippen LogP contribution in [0.4, 0.5) is 0 Å². The normalized spacial score (nSPS) is 45.2. The molecular formula is C26H42O9S. The Morgan fingerprint density at radius 1 is 1.08 bits per heavy atom. The second-order valence-electron chi connectivity index (χ2n) is 12.5. The maximum atomic E-state index is 12.3. The van der Waals surface area contributed by atoms with E-state index in [2.05, 4.69) is 20.8 Å². The van der Waals surface area contributed by atoms with E-state index < -0.39 is 28.6 Å². The molecule has 11 atom stereocenters. The Morgan fingerprint density at radius 3 is 2.39 bits per heavy atom. The Kier molecular flexibility index (Phi) is 7.58.